The monoisotopic (exact) mass is 380 g/mol. The zero-order chi connectivity index (χ0) is 17.5. The molecule has 0 saturated heterocycles. The first-order valence-electron chi connectivity index (χ1n) is 8.00. The van der Waals surface area contributed by atoms with Gasteiger partial charge in [0.2, 0.25) is 0 Å². The van der Waals surface area contributed by atoms with Gasteiger partial charge in [0, 0.05) is 32.7 Å². The molecule has 1 radical (unpaired) electrons. The standard InChI is InChI=1S/3C5H12.2C2H6.CH3.Y/c3*1-5(2,3)4;2*1-2;;/h3*1-4H3;2*1-2H3;1H3;/q;;;;;-1;. The van der Waals surface area contributed by atoms with E-state index in [2.05, 4.69) is 83.1 Å². The van der Waals surface area contributed by atoms with Crippen LogP contribution >= 0.6 is 0 Å². The van der Waals surface area contributed by atoms with E-state index in [1.165, 1.54) is 0 Å². The molecule has 0 amide bonds. The molecule has 0 heterocycles. The van der Waals surface area contributed by atoms with Crippen molar-refractivity contribution >= 4 is 0 Å². The molecular formula is C20H51Y-. The molecule has 0 nitrogen and oxygen atoms in total. The largest absolute Gasteiger partial charge is 0.358 e. The Kier molecular flexibility index (Phi) is 48.0. The molecule has 135 valence electrons. The Bertz CT molecular complexity index is 80.9. The molecule has 0 aromatic heterocycles. The summed E-state index contributed by atoms with van der Waals surface area (Å²) in [5.74, 6) is 0. The fourth-order valence-corrected chi connectivity index (χ4v) is 0. The fourth-order valence-electron chi connectivity index (χ4n) is 0. The quantitative estimate of drug-likeness (QED) is 0.369. The second kappa shape index (κ2) is 23.4. The molecule has 1 heteroatoms. The summed E-state index contributed by atoms with van der Waals surface area (Å²) in [6.07, 6.45) is 0. The second-order valence-electron chi connectivity index (χ2n) is 9.00. The molecule has 0 aliphatic carbocycles. The summed E-state index contributed by atoms with van der Waals surface area (Å²) >= 11 is 0. The third-order valence-corrected chi connectivity index (χ3v) is 0. The van der Waals surface area contributed by atoms with Crippen molar-refractivity contribution in [3.05, 3.63) is 7.43 Å². The molecule has 0 aliphatic heterocycles. The maximum Gasteiger partial charge on any atom is 0 e. The first kappa shape index (κ1) is 43.2. The van der Waals surface area contributed by atoms with Crippen LogP contribution in [0.15, 0.2) is 0 Å². The fraction of sp³-hybridized carbons (Fsp3) is 0.950. The van der Waals surface area contributed by atoms with Crippen molar-refractivity contribution in [2.24, 2.45) is 16.2 Å². The maximum absolute atomic E-state index is 2.19. The van der Waals surface area contributed by atoms with Gasteiger partial charge in [0.25, 0.3) is 0 Å². The van der Waals surface area contributed by atoms with E-state index in [1.807, 2.05) is 27.7 Å². The Morgan fingerprint density at radius 1 is 0.333 bits per heavy atom. The predicted molar refractivity (Wildman–Crippen MR) is 104 cm³/mol. The molecule has 0 saturated carbocycles. The SMILES string of the molecule is CC.CC.CC(C)(C)C.CC(C)(C)C.CC(C)(C)C.[CH3-].[Y]. The van der Waals surface area contributed by atoms with Crippen molar-refractivity contribution in [3.8, 4) is 0 Å². The molecule has 0 N–H and O–H groups in total. The zero-order valence-electron chi connectivity index (χ0n) is 19.1. The van der Waals surface area contributed by atoms with Crippen LogP contribution in [0.3, 0.4) is 0 Å². The maximum atomic E-state index is 2.19. The summed E-state index contributed by atoms with van der Waals surface area (Å²) in [5.41, 5.74) is 1.50. The van der Waals surface area contributed by atoms with Gasteiger partial charge in [0.05, 0.1) is 0 Å². The zero-order valence-corrected chi connectivity index (χ0v) is 21.9. The minimum Gasteiger partial charge on any atom is -0.358 e. The van der Waals surface area contributed by atoms with Gasteiger partial charge in [-0.15, -0.1) is 0 Å². The van der Waals surface area contributed by atoms with Crippen molar-refractivity contribution in [3.63, 3.8) is 0 Å². The van der Waals surface area contributed by atoms with Crippen molar-refractivity contribution < 1.29 is 32.7 Å². The first-order chi connectivity index (χ1) is 8.00. The van der Waals surface area contributed by atoms with Gasteiger partial charge in [-0.3, -0.25) is 0 Å². The summed E-state index contributed by atoms with van der Waals surface area (Å²) in [5, 5.41) is 0. The van der Waals surface area contributed by atoms with Crippen LogP contribution in [0.2, 0.25) is 0 Å². The molecule has 0 rings (SSSR count). The van der Waals surface area contributed by atoms with Gasteiger partial charge in [0.15, 0.2) is 0 Å². The Labute approximate surface area is 166 Å². The van der Waals surface area contributed by atoms with Crippen LogP contribution in [-0.2, 0) is 32.7 Å². The molecule has 0 unspecified atom stereocenters. The topological polar surface area (TPSA) is 0 Å². The van der Waals surface area contributed by atoms with E-state index in [1.54, 1.807) is 0 Å². The van der Waals surface area contributed by atoms with E-state index >= 15 is 0 Å². The average Bonchev–Trinajstić information content (AvgIpc) is 2.01. The van der Waals surface area contributed by atoms with E-state index in [0.29, 0.717) is 16.2 Å². The van der Waals surface area contributed by atoms with Gasteiger partial charge in [0.1, 0.15) is 0 Å². The van der Waals surface area contributed by atoms with Gasteiger partial charge in [-0.05, 0) is 16.2 Å². The number of hydrogen-bond donors (Lipinski definition) is 0. The smallest absolute Gasteiger partial charge is 0 e. The number of rotatable bonds is 0. The van der Waals surface area contributed by atoms with Crippen molar-refractivity contribution in [2.45, 2.75) is 111 Å². The summed E-state index contributed by atoms with van der Waals surface area (Å²) in [6.45, 7) is 34.2. The van der Waals surface area contributed by atoms with E-state index in [4.69, 9.17) is 0 Å². The van der Waals surface area contributed by atoms with E-state index < -0.39 is 0 Å². The van der Waals surface area contributed by atoms with E-state index in [-0.39, 0.29) is 40.1 Å². The third-order valence-electron chi connectivity index (χ3n) is 0. The van der Waals surface area contributed by atoms with Gasteiger partial charge in [-0.2, -0.15) is 0 Å². The van der Waals surface area contributed by atoms with Crippen molar-refractivity contribution in [1.29, 1.82) is 0 Å². The summed E-state index contributed by atoms with van der Waals surface area (Å²) in [4.78, 5) is 0. The summed E-state index contributed by atoms with van der Waals surface area (Å²) < 4.78 is 0. The average molecular weight is 381 g/mol. The van der Waals surface area contributed by atoms with Crippen LogP contribution in [-0.4, -0.2) is 0 Å². The Morgan fingerprint density at radius 3 is 0.333 bits per heavy atom. The minimum absolute atomic E-state index is 0. The van der Waals surface area contributed by atoms with E-state index in [9.17, 15) is 0 Å². The first-order valence-corrected chi connectivity index (χ1v) is 8.00. The van der Waals surface area contributed by atoms with Gasteiger partial charge in [-0.25, -0.2) is 0 Å². The molecule has 0 spiro atoms. The molecule has 0 aromatic rings. The molecule has 0 atom stereocenters. The van der Waals surface area contributed by atoms with Crippen LogP contribution in [0.1, 0.15) is 111 Å². The van der Waals surface area contributed by atoms with Crippen molar-refractivity contribution in [1.82, 2.24) is 0 Å². The Hall–Kier alpha value is 1.10. The molecule has 21 heavy (non-hydrogen) atoms. The third kappa shape index (κ3) is 6320. The summed E-state index contributed by atoms with van der Waals surface area (Å²) in [7, 11) is 0. The van der Waals surface area contributed by atoms with Crippen LogP contribution in [0.4, 0.5) is 0 Å². The molecule has 0 bridgehead atoms. The molecular weight excluding hydrogens is 329 g/mol. The predicted octanol–water partition coefficient (Wildman–Crippen LogP) is 8.66. The number of hydrogen-bond acceptors (Lipinski definition) is 0. The summed E-state index contributed by atoms with van der Waals surface area (Å²) in [6, 6.07) is 0. The Morgan fingerprint density at radius 2 is 0.333 bits per heavy atom. The van der Waals surface area contributed by atoms with Crippen LogP contribution < -0.4 is 0 Å². The second-order valence-corrected chi connectivity index (χ2v) is 9.00. The Balaban J connectivity index is -0.0000000239. The minimum atomic E-state index is 0. The van der Waals surface area contributed by atoms with E-state index in [0.717, 1.165) is 0 Å². The molecule has 0 aliphatic rings. The van der Waals surface area contributed by atoms with Gasteiger partial charge >= 0.3 is 0 Å². The van der Waals surface area contributed by atoms with Crippen LogP contribution in [0.25, 0.3) is 0 Å². The van der Waals surface area contributed by atoms with Crippen LogP contribution in [0, 0.1) is 23.7 Å². The normalized spacial score (nSPS) is 9.14. The van der Waals surface area contributed by atoms with Crippen LogP contribution in [0.5, 0.6) is 0 Å². The van der Waals surface area contributed by atoms with Crippen molar-refractivity contribution in [2.75, 3.05) is 0 Å². The van der Waals surface area contributed by atoms with Gasteiger partial charge < -0.3 is 7.43 Å². The van der Waals surface area contributed by atoms with Gasteiger partial charge in [-0.1, -0.05) is 111 Å². The molecule has 0 aromatic carbocycles. The molecule has 0 fully saturated rings.